The van der Waals surface area contributed by atoms with Crippen molar-refractivity contribution in [2.75, 3.05) is 23.7 Å². The van der Waals surface area contributed by atoms with Crippen molar-refractivity contribution in [1.29, 1.82) is 0 Å². The number of piperidine rings is 1. The number of fused-ring (bicyclic) bond motifs is 2. The summed E-state index contributed by atoms with van der Waals surface area (Å²) < 4.78 is 0. The van der Waals surface area contributed by atoms with E-state index in [1.165, 1.54) is 12.8 Å². The molecular formula is C26H30N6O. The fourth-order valence-corrected chi connectivity index (χ4v) is 5.58. The molecule has 1 spiro atoms. The van der Waals surface area contributed by atoms with Gasteiger partial charge in [0.2, 0.25) is 5.91 Å². The number of carbonyl (C=O) groups is 1. The van der Waals surface area contributed by atoms with Crippen LogP contribution in [0.4, 0.5) is 11.5 Å². The first kappa shape index (κ1) is 20.3. The lowest BCUT2D eigenvalue weighted by molar-refractivity contribution is -0.131. The number of anilines is 2. The second-order valence-corrected chi connectivity index (χ2v) is 9.56. The monoisotopic (exact) mass is 442 g/mol. The molecule has 7 nitrogen and oxygen atoms in total. The number of likely N-dealkylation sites (tertiary alicyclic amines) is 1. The molecular weight excluding hydrogens is 412 g/mol. The summed E-state index contributed by atoms with van der Waals surface area (Å²) in [6, 6.07) is 12.6. The molecule has 4 heterocycles. The van der Waals surface area contributed by atoms with E-state index < -0.39 is 0 Å². The van der Waals surface area contributed by atoms with Crippen LogP contribution in [0.3, 0.4) is 0 Å². The van der Waals surface area contributed by atoms with Gasteiger partial charge in [0.05, 0.1) is 23.7 Å². The van der Waals surface area contributed by atoms with Crippen molar-refractivity contribution in [3.8, 4) is 0 Å². The smallest absolute Gasteiger partial charge is 0.227 e. The van der Waals surface area contributed by atoms with E-state index in [-0.39, 0.29) is 11.4 Å². The number of aromatic nitrogens is 2. The minimum Gasteiger partial charge on any atom is -0.370 e. The molecule has 3 N–H and O–H groups in total. The van der Waals surface area contributed by atoms with Gasteiger partial charge in [-0.3, -0.25) is 9.79 Å². The number of H-pyrrole nitrogens is 1. The quantitative estimate of drug-likeness (QED) is 0.563. The zero-order valence-electron chi connectivity index (χ0n) is 18.8. The Bertz CT molecular complexity index is 1200. The zero-order chi connectivity index (χ0) is 22.3. The summed E-state index contributed by atoms with van der Waals surface area (Å²) in [6.07, 6.45) is 10.7. The van der Waals surface area contributed by atoms with Crippen molar-refractivity contribution in [2.24, 2.45) is 4.99 Å². The number of amidine groups is 1. The van der Waals surface area contributed by atoms with Crippen LogP contribution in [-0.4, -0.2) is 51.3 Å². The van der Waals surface area contributed by atoms with E-state index in [1.54, 1.807) is 0 Å². The first-order chi connectivity index (χ1) is 16.2. The molecule has 2 aliphatic heterocycles. The molecule has 0 unspecified atom stereocenters. The SMILES string of the molecule is O=C(Cc1c[nH]c2ccccc12)N1CCC2(CC1)Nc1cccnc1NC2=NC1CCCC1. The van der Waals surface area contributed by atoms with Gasteiger partial charge in [0.15, 0.2) is 5.82 Å². The van der Waals surface area contributed by atoms with Gasteiger partial charge in [-0.1, -0.05) is 31.0 Å². The van der Waals surface area contributed by atoms with Crippen LogP contribution in [0.2, 0.25) is 0 Å². The summed E-state index contributed by atoms with van der Waals surface area (Å²) in [5.74, 6) is 2.04. The fraction of sp³-hybridized carbons (Fsp3) is 0.423. The maximum atomic E-state index is 13.2. The molecule has 1 saturated heterocycles. The molecule has 7 heteroatoms. The molecule has 1 amide bonds. The molecule has 2 fully saturated rings. The number of nitrogens with one attached hydrogen (secondary N) is 3. The Hall–Kier alpha value is -3.35. The highest BCUT2D eigenvalue weighted by molar-refractivity contribution is 6.09. The van der Waals surface area contributed by atoms with E-state index in [0.717, 1.165) is 72.6 Å². The second kappa shape index (κ2) is 8.21. The number of hydrogen-bond donors (Lipinski definition) is 3. The summed E-state index contributed by atoms with van der Waals surface area (Å²) in [5.41, 5.74) is 2.89. The fourth-order valence-electron chi connectivity index (χ4n) is 5.58. The van der Waals surface area contributed by atoms with Crippen LogP contribution in [0.15, 0.2) is 53.8 Å². The van der Waals surface area contributed by atoms with Crippen LogP contribution < -0.4 is 10.6 Å². The molecule has 1 aliphatic carbocycles. The van der Waals surface area contributed by atoms with Gasteiger partial charge in [-0.15, -0.1) is 0 Å². The summed E-state index contributed by atoms with van der Waals surface area (Å²) in [7, 11) is 0. The molecule has 6 rings (SSSR count). The molecule has 170 valence electrons. The Morgan fingerprint density at radius 3 is 2.79 bits per heavy atom. The largest absolute Gasteiger partial charge is 0.370 e. The van der Waals surface area contributed by atoms with Gasteiger partial charge in [-0.25, -0.2) is 4.98 Å². The Labute approximate surface area is 193 Å². The van der Waals surface area contributed by atoms with Crippen molar-refractivity contribution in [1.82, 2.24) is 14.9 Å². The predicted octanol–water partition coefficient (Wildman–Crippen LogP) is 4.35. The molecule has 1 saturated carbocycles. The van der Waals surface area contributed by atoms with E-state index in [4.69, 9.17) is 4.99 Å². The minimum absolute atomic E-state index is 0.190. The number of carbonyl (C=O) groups excluding carboxylic acids is 1. The van der Waals surface area contributed by atoms with Crippen LogP contribution in [0.5, 0.6) is 0 Å². The van der Waals surface area contributed by atoms with Gasteiger partial charge in [0.25, 0.3) is 0 Å². The highest BCUT2D eigenvalue weighted by Crippen LogP contribution is 2.37. The normalized spacial score (nSPS) is 21.2. The van der Waals surface area contributed by atoms with Crippen LogP contribution >= 0.6 is 0 Å². The van der Waals surface area contributed by atoms with Gasteiger partial charge >= 0.3 is 0 Å². The number of aliphatic imine (C=N–C) groups is 1. The maximum absolute atomic E-state index is 13.2. The van der Waals surface area contributed by atoms with Crippen LogP contribution in [0.1, 0.15) is 44.1 Å². The van der Waals surface area contributed by atoms with Crippen LogP contribution in [0.25, 0.3) is 10.9 Å². The molecule has 0 radical (unpaired) electrons. The van der Waals surface area contributed by atoms with Crippen molar-refractivity contribution in [2.45, 2.75) is 56.5 Å². The Kier molecular flexibility index (Phi) is 5.04. The van der Waals surface area contributed by atoms with E-state index in [9.17, 15) is 4.79 Å². The van der Waals surface area contributed by atoms with Gasteiger partial charge in [0, 0.05) is 36.4 Å². The van der Waals surface area contributed by atoms with Crippen LogP contribution in [-0.2, 0) is 11.2 Å². The van der Waals surface area contributed by atoms with E-state index >= 15 is 0 Å². The number of pyridine rings is 1. The Morgan fingerprint density at radius 2 is 1.94 bits per heavy atom. The van der Waals surface area contributed by atoms with Crippen LogP contribution in [0, 0.1) is 0 Å². The predicted molar refractivity (Wildman–Crippen MR) is 132 cm³/mol. The molecule has 0 bridgehead atoms. The third-order valence-corrected chi connectivity index (χ3v) is 7.49. The van der Waals surface area contributed by atoms with Crippen molar-refractivity contribution >= 4 is 34.2 Å². The Balaban J connectivity index is 1.20. The number of nitrogens with zero attached hydrogens (tertiary/aromatic N) is 3. The third kappa shape index (κ3) is 3.75. The molecule has 3 aromatic rings. The van der Waals surface area contributed by atoms with E-state index in [2.05, 4.69) is 32.7 Å². The minimum atomic E-state index is -0.268. The lowest BCUT2D eigenvalue weighted by Crippen LogP contribution is -2.59. The first-order valence-corrected chi connectivity index (χ1v) is 12.1. The number of benzene rings is 1. The number of para-hydroxylation sites is 1. The van der Waals surface area contributed by atoms with Gasteiger partial charge < -0.3 is 20.5 Å². The molecule has 1 aromatic carbocycles. The average molecular weight is 443 g/mol. The first-order valence-electron chi connectivity index (χ1n) is 12.1. The zero-order valence-corrected chi connectivity index (χ0v) is 18.8. The molecule has 0 atom stereocenters. The Morgan fingerprint density at radius 1 is 1.12 bits per heavy atom. The third-order valence-electron chi connectivity index (χ3n) is 7.49. The summed E-state index contributed by atoms with van der Waals surface area (Å²) in [6.45, 7) is 1.43. The highest BCUT2D eigenvalue weighted by Gasteiger charge is 2.44. The standard InChI is InChI=1S/C26H30N6O/c33-23(16-18-17-28-21-9-4-3-8-20(18)21)32-14-11-26(12-15-32)25(29-19-6-1-2-7-19)30-24-22(31-26)10-5-13-27-24/h3-5,8-10,13,17,19,28,31H,1-2,6-7,11-12,14-16H2,(H,27,29,30). The van der Waals surface area contributed by atoms with E-state index in [1.807, 2.05) is 41.6 Å². The van der Waals surface area contributed by atoms with Gasteiger partial charge in [-0.2, -0.15) is 0 Å². The molecule has 3 aliphatic rings. The maximum Gasteiger partial charge on any atom is 0.227 e. The second-order valence-electron chi connectivity index (χ2n) is 9.56. The highest BCUT2D eigenvalue weighted by atomic mass is 16.2. The number of amides is 1. The van der Waals surface area contributed by atoms with Gasteiger partial charge in [0.1, 0.15) is 5.84 Å². The summed E-state index contributed by atoms with van der Waals surface area (Å²) in [4.78, 5) is 28.2. The lowest BCUT2D eigenvalue weighted by Gasteiger charge is -2.46. The number of aromatic amines is 1. The van der Waals surface area contributed by atoms with Crippen molar-refractivity contribution < 1.29 is 4.79 Å². The number of rotatable bonds is 3. The summed E-state index contributed by atoms with van der Waals surface area (Å²) >= 11 is 0. The van der Waals surface area contributed by atoms with Gasteiger partial charge in [-0.05, 0) is 49.4 Å². The topological polar surface area (TPSA) is 85.4 Å². The average Bonchev–Trinajstić information content (AvgIpc) is 3.50. The summed E-state index contributed by atoms with van der Waals surface area (Å²) in [5, 5.41) is 8.45. The van der Waals surface area contributed by atoms with Crippen molar-refractivity contribution in [3.63, 3.8) is 0 Å². The lowest BCUT2D eigenvalue weighted by atomic mass is 9.83. The molecule has 33 heavy (non-hydrogen) atoms. The van der Waals surface area contributed by atoms with Crippen molar-refractivity contribution in [3.05, 3.63) is 54.4 Å². The van der Waals surface area contributed by atoms with E-state index in [0.29, 0.717) is 12.5 Å². The number of hydrogen-bond acceptors (Lipinski definition) is 4. The molecule has 2 aromatic heterocycles.